The molecule has 0 bridgehead atoms. The van der Waals surface area contributed by atoms with E-state index < -0.39 is 0 Å². The number of hydrogen-bond donors (Lipinski definition) is 0. The van der Waals surface area contributed by atoms with Crippen molar-refractivity contribution in [1.29, 1.82) is 0 Å². The van der Waals surface area contributed by atoms with Crippen LogP contribution in [0.4, 0.5) is 5.82 Å². The first-order chi connectivity index (χ1) is 9.49. The van der Waals surface area contributed by atoms with Gasteiger partial charge < -0.3 is 4.90 Å². The third-order valence-electron chi connectivity index (χ3n) is 3.26. The van der Waals surface area contributed by atoms with Gasteiger partial charge in [0.25, 0.3) is 0 Å². The highest BCUT2D eigenvalue weighted by molar-refractivity contribution is 6.30. The fourth-order valence-corrected chi connectivity index (χ4v) is 2.67. The smallest absolute Gasteiger partial charge is 0.138 e. The van der Waals surface area contributed by atoms with Crippen LogP contribution in [0.5, 0.6) is 0 Å². The van der Waals surface area contributed by atoms with Crippen LogP contribution in [0.3, 0.4) is 0 Å². The summed E-state index contributed by atoms with van der Waals surface area (Å²) in [5.41, 5.74) is 3.53. The van der Waals surface area contributed by atoms with Gasteiger partial charge in [-0.25, -0.2) is 9.97 Å². The maximum atomic E-state index is 6.22. The summed E-state index contributed by atoms with van der Waals surface area (Å²) in [5, 5.41) is 0.543. The Morgan fingerprint density at radius 2 is 2.00 bits per heavy atom. The van der Waals surface area contributed by atoms with E-state index in [1.807, 2.05) is 7.05 Å². The molecule has 0 aliphatic carbocycles. The van der Waals surface area contributed by atoms with E-state index in [0.29, 0.717) is 11.1 Å². The molecule has 0 aliphatic heterocycles. The Morgan fingerprint density at radius 1 is 1.25 bits per heavy atom. The summed E-state index contributed by atoms with van der Waals surface area (Å²) in [6, 6.07) is 8.50. The van der Waals surface area contributed by atoms with Gasteiger partial charge in [-0.1, -0.05) is 55.3 Å². The summed E-state index contributed by atoms with van der Waals surface area (Å²) < 4.78 is 0. The Hall–Kier alpha value is -1.61. The highest BCUT2D eigenvalue weighted by Gasteiger charge is 2.16. The third kappa shape index (κ3) is 3.28. The zero-order valence-corrected chi connectivity index (χ0v) is 13.1. The molecule has 0 fully saturated rings. The van der Waals surface area contributed by atoms with Crippen molar-refractivity contribution in [2.45, 2.75) is 33.2 Å². The minimum absolute atomic E-state index is 0.290. The highest BCUT2D eigenvalue weighted by atomic mass is 35.5. The number of nitrogens with zero attached hydrogens (tertiary/aromatic N) is 3. The van der Waals surface area contributed by atoms with E-state index in [4.69, 9.17) is 11.6 Å². The molecule has 0 radical (unpaired) electrons. The topological polar surface area (TPSA) is 29.0 Å². The minimum atomic E-state index is 0.290. The summed E-state index contributed by atoms with van der Waals surface area (Å²) >= 11 is 6.22. The van der Waals surface area contributed by atoms with Crippen molar-refractivity contribution in [1.82, 2.24) is 9.97 Å². The number of aromatic nitrogens is 2. The first kappa shape index (κ1) is 14.8. The van der Waals surface area contributed by atoms with Crippen molar-refractivity contribution in [2.75, 3.05) is 11.9 Å². The first-order valence-electron chi connectivity index (χ1n) is 6.76. The molecule has 0 unspecified atom stereocenters. The monoisotopic (exact) mass is 289 g/mol. The molecule has 0 saturated carbocycles. The molecule has 20 heavy (non-hydrogen) atoms. The van der Waals surface area contributed by atoms with Gasteiger partial charge in [-0.15, -0.1) is 0 Å². The quantitative estimate of drug-likeness (QED) is 0.790. The fourth-order valence-electron chi connectivity index (χ4n) is 2.33. The van der Waals surface area contributed by atoms with E-state index in [2.05, 4.69) is 59.9 Å². The van der Waals surface area contributed by atoms with Crippen molar-refractivity contribution in [2.24, 2.45) is 0 Å². The van der Waals surface area contributed by atoms with Crippen molar-refractivity contribution < 1.29 is 0 Å². The lowest BCUT2D eigenvalue weighted by atomic mass is 10.1. The molecule has 0 N–H and O–H groups in total. The molecule has 0 aliphatic rings. The minimum Gasteiger partial charge on any atom is -0.355 e. The van der Waals surface area contributed by atoms with Crippen LogP contribution in [0.15, 0.2) is 30.6 Å². The van der Waals surface area contributed by atoms with Crippen LogP contribution in [-0.4, -0.2) is 17.0 Å². The van der Waals surface area contributed by atoms with Gasteiger partial charge in [-0.05, 0) is 18.4 Å². The number of halogens is 1. The highest BCUT2D eigenvalue weighted by Crippen LogP contribution is 2.30. The fraction of sp³-hybridized carbons (Fsp3) is 0.375. The number of hydrogen-bond acceptors (Lipinski definition) is 3. The largest absolute Gasteiger partial charge is 0.355 e. The van der Waals surface area contributed by atoms with Gasteiger partial charge >= 0.3 is 0 Å². The molecule has 1 aromatic heterocycles. The summed E-state index contributed by atoms with van der Waals surface area (Å²) in [5.74, 6) is 1.19. The van der Waals surface area contributed by atoms with Gasteiger partial charge in [0.1, 0.15) is 17.3 Å². The van der Waals surface area contributed by atoms with Crippen LogP contribution in [-0.2, 0) is 6.54 Å². The van der Waals surface area contributed by atoms with Crippen LogP contribution >= 0.6 is 11.6 Å². The Bertz CT molecular complexity index is 596. The SMILES string of the molecule is Cc1cccc(CN(C)c2ncnc(Cl)c2C(C)C)c1. The van der Waals surface area contributed by atoms with Gasteiger partial charge in [0.05, 0.1) is 0 Å². The van der Waals surface area contributed by atoms with Gasteiger partial charge in [0, 0.05) is 19.2 Å². The molecule has 3 nitrogen and oxygen atoms in total. The lowest BCUT2D eigenvalue weighted by molar-refractivity contribution is 0.808. The maximum Gasteiger partial charge on any atom is 0.138 e. The number of rotatable bonds is 4. The van der Waals surface area contributed by atoms with Crippen molar-refractivity contribution in [3.63, 3.8) is 0 Å². The summed E-state index contributed by atoms with van der Waals surface area (Å²) in [6.07, 6.45) is 1.52. The molecule has 106 valence electrons. The zero-order valence-electron chi connectivity index (χ0n) is 12.4. The average molecular weight is 290 g/mol. The van der Waals surface area contributed by atoms with Crippen molar-refractivity contribution >= 4 is 17.4 Å². The summed E-state index contributed by atoms with van der Waals surface area (Å²) in [4.78, 5) is 10.6. The van der Waals surface area contributed by atoms with Gasteiger partial charge in [0.2, 0.25) is 0 Å². The molecule has 0 spiro atoms. The molecule has 2 aromatic rings. The average Bonchev–Trinajstić information content (AvgIpc) is 2.37. The first-order valence-corrected chi connectivity index (χ1v) is 7.14. The van der Waals surface area contributed by atoms with Crippen LogP contribution in [0.2, 0.25) is 5.15 Å². The second-order valence-electron chi connectivity index (χ2n) is 5.40. The number of aryl methyl sites for hydroxylation is 1. The second kappa shape index (κ2) is 6.23. The maximum absolute atomic E-state index is 6.22. The normalized spacial score (nSPS) is 10.9. The molecular formula is C16H20ClN3. The molecule has 1 aromatic carbocycles. The predicted molar refractivity (Wildman–Crippen MR) is 84.4 cm³/mol. The van der Waals surface area contributed by atoms with Crippen LogP contribution in [0, 0.1) is 6.92 Å². The number of benzene rings is 1. The van der Waals surface area contributed by atoms with Gasteiger partial charge in [-0.2, -0.15) is 0 Å². The third-order valence-corrected chi connectivity index (χ3v) is 3.56. The van der Waals surface area contributed by atoms with E-state index in [-0.39, 0.29) is 0 Å². The summed E-state index contributed by atoms with van der Waals surface area (Å²) in [6.45, 7) is 7.11. The lowest BCUT2D eigenvalue weighted by Crippen LogP contribution is -2.20. The van der Waals surface area contributed by atoms with Gasteiger partial charge in [0.15, 0.2) is 0 Å². The Balaban J connectivity index is 2.30. The Morgan fingerprint density at radius 3 is 2.65 bits per heavy atom. The molecule has 1 heterocycles. The van der Waals surface area contributed by atoms with Crippen molar-refractivity contribution in [3.05, 3.63) is 52.4 Å². The van der Waals surface area contributed by atoms with E-state index in [9.17, 15) is 0 Å². The van der Waals surface area contributed by atoms with Crippen molar-refractivity contribution in [3.8, 4) is 0 Å². The Kier molecular flexibility index (Phi) is 4.61. The number of anilines is 1. The molecule has 4 heteroatoms. The zero-order chi connectivity index (χ0) is 14.7. The molecule has 0 atom stereocenters. The molecular weight excluding hydrogens is 270 g/mol. The summed E-state index contributed by atoms with van der Waals surface area (Å²) in [7, 11) is 2.03. The molecule has 2 rings (SSSR count). The molecule has 0 saturated heterocycles. The van der Waals surface area contributed by atoms with E-state index in [1.54, 1.807) is 0 Å². The van der Waals surface area contributed by atoms with Gasteiger partial charge in [-0.3, -0.25) is 0 Å². The van der Waals surface area contributed by atoms with Crippen LogP contribution < -0.4 is 4.90 Å². The second-order valence-corrected chi connectivity index (χ2v) is 5.76. The Labute approximate surface area is 125 Å². The van der Waals surface area contributed by atoms with E-state index in [1.165, 1.54) is 17.5 Å². The lowest BCUT2D eigenvalue weighted by Gasteiger charge is -2.23. The van der Waals surface area contributed by atoms with E-state index >= 15 is 0 Å². The molecule has 0 amide bonds. The van der Waals surface area contributed by atoms with Crippen LogP contribution in [0.1, 0.15) is 36.5 Å². The standard InChI is InChI=1S/C16H20ClN3/c1-11(2)14-15(17)18-10-19-16(14)20(4)9-13-7-5-6-12(3)8-13/h5-8,10-11H,9H2,1-4H3. The van der Waals surface area contributed by atoms with Crippen LogP contribution in [0.25, 0.3) is 0 Å². The van der Waals surface area contributed by atoms with E-state index in [0.717, 1.165) is 17.9 Å². The predicted octanol–water partition coefficient (Wildman–Crippen LogP) is 4.20.